The molecular formula is C13H18S. The zero-order valence-electron chi connectivity index (χ0n) is 9.21. The molecule has 0 spiro atoms. The van der Waals surface area contributed by atoms with Gasteiger partial charge in [0.05, 0.1) is 0 Å². The van der Waals surface area contributed by atoms with Crippen molar-refractivity contribution in [1.82, 2.24) is 0 Å². The summed E-state index contributed by atoms with van der Waals surface area (Å²) in [5.74, 6) is 1.72. The van der Waals surface area contributed by atoms with Gasteiger partial charge in [0.2, 0.25) is 0 Å². The maximum atomic E-state index is 3.97. The lowest BCUT2D eigenvalue weighted by atomic mass is 10.1. The first-order chi connectivity index (χ1) is 6.59. The summed E-state index contributed by atoms with van der Waals surface area (Å²) in [6, 6.07) is 8.69. The molecule has 0 nitrogen and oxygen atoms in total. The van der Waals surface area contributed by atoms with Gasteiger partial charge in [-0.15, -0.1) is 11.8 Å². The Bertz CT molecular complexity index is 298. The molecule has 0 saturated carbocycles. The molecule has 0 fully saturated rings. The van der Waals surface area contributed by atoms with E-state index in [0.29, 0.717) is 5.92 Å². The summed E-state index contributed by atoms with van der Waals surface area (Å²) in [5.41, 5.74) is 2.59. The first kappa shape index (κ1) is 11.4. The van der Waals surface area contributed by atoms with Crippen molar-refractivity contribution in [3.05, 3.63) is 42.0 Å². The van der Waals surface area contributed by atoms with E-state index in [2.05, 4.69) is 51.6 Å². The minimum atomic E-state index is 0.598. The summed E-state index contributed by atoms with van der Waals surface area (Å²) in [4.78, 5) is 1.35. The first-order valence-electron chi connectivity index (χ1n) is 4.94. The molecule has 76 valence electrons. The minimum Gasteiger partial charge on any atom is -0.126 e. The van der Waals surface area contributed by atoms with Gasteiger partial charge in [-0.1, -0.05) is 36.8 Å². The van der Waals surface area contributed by atoms with E-state index in [9.17, 15) is 0 Å². The maximum Gasteiger partial charge on any atom is 0.00723 e. The second kappa shape index (κ2) is 5.26. The standard InChI is InChI=1S/C13H18S/c1-10(2)12(4)9-14-13-7-5-11(3)6-8-13/h5-8,12H,1,9H2,2-4H3. The zero-order valence-corrected chi connectivity index (χ0v) is 10.0. The van der Waals surface area contributed by atoms with Gasteiger partial charge in [-0.2, -0.15) is 0 Å². The van der Waals surface area contributed by atoms with Crippen LogP contribution >= 0.6 is 11.8 Å². The van der Waals surface area contributed by atoms with E-state index >= 15 is 0 Å². The second-order valence-corrected chi connectivity index (χ2v) is 4.96. The van der Waals surface area contributed by atoms with E-state index in [-0.39, 0.29) is 0 Å². The van der Waals surface area contributed by atoms with E-state index in [1.165, 1.54) is 16.0 Å². The third-order valence-corrected chi connectivity index (χ3v) is 3.63. The van der Waals surface area contributed by atoms with Crippen molar-refractivity contribution >= 4 is 11.8 Å². The van der Waals surface area contributed by atoms with E-state index in [1.54, 1.807) is 0 Å². The van der Waals surface area contributed by atoms with E-state index in [0.717, 1.165) is 5.75 Å². The fourth-order valence-corrected chi connectivity index (χ4v) is 2.05. The largest absolute Gasteiger partial charge is 0.126 e. The summed E-state index contributed by atoms with van der Waals surface area (Å²) < 4.78 is 0. The number of allylic oxidation sites excluding steroid dienone is 1. The number of aryl methyl sites for hydroxylation is 1. The molecule has 1 unspecified atom stereocenters. The van der Waals surface area contributed by atoms with Crippen LogP contribution in [-0.4, -0.2) is 5.75 Å². The molecular weight excluding hydrogens is 188 g/mol. The van der Waals surface area contributed by atoms with Crippen LogP contribution in [0.15, 0.2) is 41.3 Å². The number of benzene rings is 1. The average Bonchev–Trinajstić information content (AvgIpc) is 2.16. The molecule has 0 aliphatic carbocycles. The van der Waals surface area contributed by atoms with Crippen LogP contribution in [0.1, 0.15) is 19.4 Å². The third kappa shape index (κ3) is 3.59. The second-order valence-electron chi connectivity index (χ2n) is 3.87. The predicted octanol–water partition coefficient (Wildman–Crippen LogP) is 4.30. The minimum absolute atomic E-state index is 0.598. The van der Waals surface area contributed by atoms with Crippen LogP contribution in [0.4, 0.5) is 0 Å². The smallest absolute Gasteiger partial charge is 0.00723 e. The van der Waals surface area contributed by atoms with Gasteiger partial charge in [-0.25, -0.2) is 0 Å². The lowest BCUT2D eigenvalue weighted by Crippen LogP contribution is -1.98. The van der Waals surface area contributed by atoms with Gasteiger partial charge in [0, 0.05) is 10.6 Å². The van der Waals surface area contributed by atoms with Crippen molar-refractivity contribution in [2.45, 2.75) is 25.7 Å². The zero-order chi connectivity index (χ0) is 10.6. The highest BCUT2D eigenvalue weighted by Crippen LogP contribution is 2.23. The van der Waals surface area contributed by atoms with Gasteiger partial charge in [-0.05, 0) is 31.9 Å². The van der Waals surface area contributed by atoms with Gasteiger partial charge >= 0.3 is 0 Å². The molecule has 0 bridgehead atoms. The van der Waals surface area contributed by atoms with Crippen LogP contribution < -0.4 is 0 Å². The molecule has 1 aromatic rings. The lowest BCUT2D eigenvalue weighted by Gasteiger charge is -2.10. The molecule has 1 atom stereocenters. The van der Waals surface area contributed by atoms with Crippen LogP contribution in [0, 0.1) is 12.8 Å². The molecule has 0 radical (unpaired) electrons. The number of hydrogen-bond acceptors (Lipinski definition) is 1. The highest BCUT2D eigenvalue weighted by Gasteiger charge is 2.02. The fourth-order valence-electron chi connectivity index (χ4n) is 0.998. The van der Waals surface area contributed by atoms with Crippen molar-refractivity contribution in [2.75, 3.05) is 5.75 Å². The fraction of sp³-hybridized carbons (Fsp3) is 0.385. The van der Waals surface area contributed by atoms with Crippen LogP contribution in [0.3, 0.4) is 0 Å². The van der Waals surface area contributed by atoms with Crippen LogP contribution in [0.25, 0.3) is 0 Å². The van der Waals surface area contributed by atoms with Crippen LogP contribution in [-0.2, 0) is 0 Å². The average molecular weight is 206 g/mol. The third-order valence-electron chi connectivity index (χ3n) is 2.36. The van der Waals surface area contributed by atoms with Gasteiger partial charge in [0.15, 0.2) is 0 Å². The lowest BCUT2D eigenvalue weighted by molar-refractivity contribution is 0.787. The molecule has 0 heterocycles. The van der Waals surface area contributed by atoms with E-state index in [4.69, 9.17) is 0 Å². The highest BCUT2D eigenvalue weighted by atomic mass is 32.2. The molecule has 1 heteroatoms. The van der Waals surface area contributed by atoms with Crippen molar-refractivity contribution in [1.29, 1.82) is 0 Å². The quantitative estimate of drug-likeness (QED) is 0.523. The van der Waals surface area contributed by atoms with Crippen LogP contribution in [0.5, 0.6) is 0 Å². The summed E-state index contributed by atoms with van der Waals surface area (Å²) in [6.45, 7) is 10.4. The van der Waals surface area contributed by atoms with Gasteiger partial charge in [-0.3, -0.25) is 0 Å². The Labute approximate surface area is 91.4 Å². The Kier molecular flexibility index (Phi) is 4.27. The van der Waals surface area contributed by atoms with E-state index in [1.807, 2.05) is 11.8 Å². The van der Waals surface area contributed by atoms with Crippen molar-refractivity contribution < 1.29 is 0 Å². The molecule has 14 heavy (non-hydrogen) atoms. The highest BCUT2D eigenvalue weighted by molar-refractivity contribution is 7.99. The molecule has 0 aliphatic rings. The van der Waals surface area contributed by atoms with Gasteiger partial charge in [0.25, 0.3) is 0 Å². The maximum absolute atomic E-state index is 3.97. The normalized spacial score (nSPS) is 12.5. The van der Waals surface area contributed by atoms with Crippen molar-refractivity contribution in [3.8, 4) is 0 Å². The number of thioether (sulfide) groups is 1. The molecule has 1 rings (SSSR count). The van der Waals surface area contributed by atoms with E-state index < -0.39 is 0 Å². The Morgan fingerprint density at radius 1 is 1.36 bits per heavy atom. The number of hydrogen-bond donors (Lipinski definition) is 0. The molecule has 0 N–H and O–H groups in total. The Balaban J connectivity index is 2.46. The SMILES string of the molecule is C=C(C)C(C)CSc1ccc(C)cc1. The van der Waals surface area contributed by atoms with Crippen molar-refractivity contribution in [2.24, 2.45) is 5.92 Å². The predicted molar refractivity (Wildman–Crippen MR) is 65.9 cm³/mol. The summed E-state index contributed by atoms with van der Waals surface area (Å²) in [7, 11) is 0. The molecule has 0 aliphatic heterocycles. The van der Waals surface area contributed by atoms with Gasteiger partial charge in [0.1, 0.15) is 0 Å². The summed E-state index contributed by atoms with van der Waals surface area (Å²) >= 11 is 1.90. The Morgan fingerprint density at radius 3 is 2.43 bits per heavy atom. The molecule has 1 aromatic carbocycles. The summed E-state index contributed by atoms with van der Waals surface area (Å²) in [5, 5.41) is 0. The topological polar surface area (TPSA) is 0 Å². The molecule has 0 amide bonds. The van der Waals surface area contributed by atoms with Crippen LogP contribution in [0.2, 0.25) is 0 Å². The Hall–Kier alpha value is -0.690. The number of rotatable bonds is 4. The Morgan fingerprint density at radius 2 is 1.93 bits per heavy atom. The molecule has 0 aromatic heterocycles. The van der Waals surface area contributed by atoms with Gasteiger partial charge < -0.3 is 0 Å². The van der Waals surface area contributed by atoms with Crippen molar-refractivity contribution in [3.63, 3.8) is 0 Å². The summed E-state index contributed by atoms with van der Waals surface area (Å²) in [6.07, 6.45) is 0. The monoisotopic (exact) mass is 206 g/mol. The first-order valence-corrected chi connectivity index (χ1v) is 5.93. The molecule has 0 saturated heterocycles.